The van der Waals surface area contributed by atoms with Gasteiger partial charge in [-0.15, -0.1) is 12.4 Å². The lowest BCUT2D eigenvalue weighted by Gasteiger charge is -2.42. The van der Waals surface area contributed by atoms with Gasteiger partial charge in [0.15, 0.2) is 0 Å². The first-order valence-corrected chi connectivity index (χ1v) is 10.5. The largest absolute Gasteiger partial charge is 0.360 e. The van der Waals surface area contributed by atoms with Crippen molar-refractivity contribution in [2.24, 2.45) is 0 Å². The van der Waals surface area contributed by atoms with Crippen LogP contribution in [-0.4, -0.2) is 29.2 Å². The van der Waals surface area contributed by atoms with Gasteiger partial charge in [0.2, 0.25) is 0 Å². The van der Waals surface area contributed by atoms with E-state index in [-0.39, 0.29) is 24.1 Å². The molecule has 2 aliphatic heterocycles. The van der Waals surface area contributed by atoms with Gasteiger partial charge in [0.05, 0.1) is 5.69 Å². The Labute approximate surface area is 183 Å². The van der Waals surface area contributed by atoms with Gasteiger partial charge in [0, 0.05) is 23.6 Å². The zero-order valence-corrected chi connectivity index (χ0v) is 18.5. The number of nitrogens with zero attached hydrogens (tertiary/aromatic N) is 2. The number of benzene rings is 2. The Kier molecular flexibility index (Phi) is 5.73. The smallest absolute Gasteiger partial charge is 0.150 e. The highest BCUT2D eigenvalue weighted by atomic mass is 35.5. The molecule has 30 heavy (non-hydrogen) atoms. The van der Waals surface area contributed by atoms with E-state index in [1.807, 2.05) is 19.1 Å². The minimum Gasteiger partial charge on any atom is -0.360 e. The van der Waals surface area contributed by atoms with Crippen LogP contribution in [0.1, 0.15) is 53.7 Å². The van der Waals surface area contributed by atoms with E-state index in [1.54, 1.807) is 0 Å². The van der Waals surface area contributed by atoms with Gasteiger partial charge in [-0.05, 0) is 69.3 Å². The third-order valence-electron chi connectivity index (χ3n) is 7.10. The number of likely N-dealkylation sites (N-methyl/N-ethyl adjacent to an activating group) is 1. The Morgan fingerprint density at radius 2 is 1.70 bits per heavy atom. The summed E-state index contributed by atoms with van der Waals surface area (Å²) in [5.41, 5.74) is 5.54. The summed E-state index contributed by atoms with van der Waals surface area (Å²) < 4.78 is 19.6. The van der Waals surface area contributed by atoms with Crippen molar-refractivity contribution in [3.63, 3.8) is 0 Å². The molecular weight excluding hydrogens is 399 g/mol. The first-order valence-electron chi connectivity index (χ1n) is 10.5. The van der Waals surface area contributed by atoms with Crippen molar-refractivity contribution in [1.29, 1.82) is 0 Å². The second-order valence-corrected chi connectivity index (χ2v) is 8.76. The molecule has 2 unspecified atom stereocenters. The fraction of sp³-hybridized carbons (Fsp3) is 0.400. The van der Waals surface area contributed by atoms with Gasteiger partial charge in [-0.3, -0.25) is 4.90 Å². The number of hydrogen-bond donors (Lipinski definition) is 0. The van der Waals surface area contributed by atoms with Crippen LogP contribution in [0.3, 0.4) is 0 Å². The fourth-order valence-electron chi connectivity index (χ4n) is 5.56. The molecule has 0 saturated carbocycles. The highest BCUT2D eigenvalue weighted by Crippen LogP contribution is 2.53. The predicted molar refractivity (Wildman–Crippen MR) is 120 cm³/mol. The number of aryl methyl sites for hydroxylation is 2. The second kappa shape index (κ2) is 8.16. The van der Waals surface area contributed by atoms with E-state index in [1.165, 1.54) is 36.1 Å². The topological polar surface area (TPSA) is 29.3 Å². The van der Waals surface area contributed by atoms with Crippen molar-refractivity contribution in [2.45, 2.75) is 57.0 Å². The van der Waals surface area contributed by atoms with Gasteiger partial charge in [0.1, 0.15) is 11.6 Å². The molecule has 3 heterocycles. The van der Waals surface area contributed by atoms with Crippen LogP contribution in [0.4, 0.5) is 4.39 Å². The van der Waals surface area contributed by atoms with E-state index < -0.39 is 0 Å². The van der Waals surface area contributed by atoms with Gasteiger partial charge in [-0.2, -0.15) is 0 Å². The van der Waals surface area contributed by atoms with Crippen molar-refractivity contribution in [3.05, 3.63) is 76.9 Å². The summed E-state index contributed by atoms with van der Waals surface area (Å²) in [6.07, 6.45) is 3.54. The molecule has 2 bridgehead atoms. The van der Waals surface area contributed by atoms with E-state index in [2.05, 4.69) is 48.3 Å². The summed E-state index contributed by atoms with van der Waals surface area (Å²) in [5.74, 6) is 1.37. The van der Waals surface area contributed by atoms with E-state index in [0.717, 1.165) is 29.0 Å². The van der Waals surface area contributed by atoms with Crippen LogP contribution in [0.5, 0.6) is 0 Å². The van der Waals surface area contributed by atoms with Crippen LogP contribution < -0.4 is 0 Å². The predicted octanol–water partition coefficient (Wildman–Crippen LogP) is 6.25. The molecule has 3 nitrogen and oxygen atoms in total. The zero-order valence-electron chi connectivity index (χ0n) is 17.6. The lowest BCUT2D eigenvalue weighted by Crippen LogP contribution is -2.44. The van der Waals surface area contributed by atoms with Gasteiger partial charge in [-0.1, -0.05) is 47.1 Å². The molecular formula is C25H28ClFN2O. The average molecular weight is 427 g/mol. The number of fused-ring (bicyclic) bond motifs is 2. The molecule has 2 aromatic carbocycles. The second-order valence-electron chi connectivity index (χ2n) is 8.76. The molecule has 4 atom stereocenters. The number of hydrogen-bond acceptors (Lipinski definition) is 3. The van der Waals surface area contributed by atoms with Crippen LogP contribution in [0.2, 0.25) is 0 Å². The Bertz CT molecular complexity index is 1010. The van der Waals surface area contributed by atoms with E-state index in [0.29, 0.717) is 18.0 Å². The Morgan fingerprint density at radius 3 is 2.40 bits per heavy atom. The standard InChI is InChI=1S/C25H27FN2O.ClH/c1-15-4-6-17(7-5-15)21-14-20-12-13-22(28(20)3)24(21)25-23(16(2)27-29-25)18-8-10-19(26)11-9-18;/h4-11,20-22,24H,12-14H2,1-3H3;1H/t20?,21-,22?,24+;/m1./s1. The van der Waals surface area contributed by atoms with Gasteiger partial charge < -0.3 is 4.52 Å². The van der Waals surface area contributed by atoms with Crippen LogP contribution in [0, 0.1) is 19.7 Å². The number of aromatic nitrogens is 1. The van der Waals surface area contributed by atoms with Crippen molar-refractivity contribution in [1.82, 2.24) is 10.1 Å². The summed E-state index contributed by atoms with van der Waals surface area (Å²) >= 11 is 0. The summed E-state index contributed by atoms with van der Waals surface area (Å²) in [5, 5.41) is 4.35. The molecule has 0 radical (unpaired) electrons. The average Bonchev–Trinajstić information content (AvgIpc) is 3.19. The first kappa shape index (κ1) is 21.1. The van der Waals surface area contributed by atoms with Crippen molar-refractivity contribution in [2.75, 3.05) is 7.05 Å². The van der Waals surface area contributed by atoms with Crippen LogP contribution >= 0.6 is 12.4 Å². The highest BCUT2D eigenvalue weighted by molar-refractivity contribution is 5.85. The minimum absolute atomic E-state index is 0. The molecule has 1 aromatic heterocycles. The number of halogens is 2. The quantitative estimate of drug-likeness (QED) is 0.495. The lowest BCUT2D eigenvalue weighted by atomic mass is 9.73. The zero-order chi connectivity index (χ0) is 20.1. The van der Waals surface area contributed by atoms with Gasteiger partial charge in [0.25, 0.3) is 0 Å². The monoisotopic (exact) mass is 426 g/mol. The highest BCUT2D eigenvalue weighted by Gasteiger charge is 2.49. The van der Waals surface area contributed by atoms with Crippen LogP contribution in [-0.2, 0) is 0 Å². The molecule has 0 N–H and O–H groups in total. The minimum atomic E-state index is -0.224. The molecule has 5 heteroatoms. The molecule has 2 fully saturated rings. The number of rotatable bonds is 3. The molecule has 0 spiro atoms. The maximum absolute atomic E-state index is 13.5. The fourth-order valence-corrected chi connectivity index (χ4v) is 5.56. The molecule has 2 aliphatic rings. The SMILES string of the molecule is Cc1ccc([C@H]2CC3CCC([C@H]2c2onc(C)c2-c2ccc(F)cc2)N3C)cc1.Cl. The van der Waals surface area contributed by atoms with Crippen LogP contribution in [0.25, 0.3) is 11.1 Å². The van der Waals surface area contributed by atoms with E-state index in [9.17, 15) is 4.39 Å². The normalized spacial score (nSPS) is 25.9. The third kappa shape index (κ3) is 3.46. The lowest BCUT2D eigenvalue weighted by molar-refractivity contribution is 0.122. The molecule has 158 valence electrons. The van der Waals surface area contributed by atoms with E-state index in [4.69, 9.17) is 4.52 Å². The number of piperidine rings is 1. The maximum atomic E-state index is 13.5. The summed E-state index contributed by atoms with van der Waals surface area (Å²) in [6.45, 7) is 4.11. The van der Waals surface area contributed by atoms with E-state index >= 15 is 0 Å². The van der Waals surface area contributed by atoms with Crippen molar-refractivity contribution < 1.29 is 8.91 Å². The molecule has 0 aliphatic carbocycles. The summed E-state index contributed by atoms with van der Waals surface area (Å²) in [7, 11) is 2.25. The molecule has 2 saturated heterocycles. The first-order chi connectivity index (χ1) is 14.0. The summed E-state index contributed by atoms with van der Waals surface area (Å²) in [4.78, 5) is 2.54. The Balaban J connectivity index is 0.00000218. The molecule has 3 aromatic rings. The maximum Gasteiger partial charge on any atom is 0.150 e. The van der Waals surface area contributed by atoms with Gasteiger partial charge >= 0.3 is 0 Å². The Morgan fingerprint density at radius 1 is 1.00 bits per heavy atom. The van der Waals surface area contributed by atoms with Crippen molar-refractivity contribution >= 4 is 12.4 Å². The van der Waals surface area contributed by atoms with Crippen LogP contribution in [0.15, 0.2) is 53.1 Å². The molecule has 5 rings (SSSR count). The Hall–Kier alpha value is -2.17. The van der Waals surface area contributed by atoms with Gasteiger partial charge in [-0.25, -0.2) is 4.39 Å². The molecule has 0 amide bonds. The van der Waals surface area contributed by atoms with Crippen molar-refractivity contribution in [3.8, 4) is 11.1 Å². The summed E-state index contributed by atoms with van der Waals surface area (Å²) in [6, 6.07) is 16.7. The third-order valence-corrected chi connectivity index (χ3v) is 7.10.